The highest BCUT2D eigenvalue weighted by Crippen LogP contribution is 2.23. The number of likely N-dealkylation sites (tertiary alicyclic amines) is 1. The zero-order chi connectivity index (χ0) is 15.2. The lowest BCUT2D eigenvalue weighted by Crippen LogP contribution is -2.47. The van der Waals surface area contributed by atoms with Gasteiger partial charge in [-0.3, -0.25) is 14.1 Å². The van der Waals surface area contributed by atoms with E-state index in [1.54, 1.807) is 0 Å². The molecule has 1 aromatic rings. The molecule has 0 radical (unpaired) electrons. The predicted molar refractivity (Wildman–Crippen MR) is 84.3 cm³/mol. The monoisotopic (exact) mass is 292 g/mol. The molecule has 1 heterocycles. The minimum Gasteiger partial charge on any atom is -0.324 e. The van der Waals surface area contributed by atoms with Crippen LogP contribution in [0.3, 0.4) is 0 Å². The van der Waals surface area contributed by atoms with E-state index in [0.717, 1.165) is 42.6 Å². The number of aryl methyl sites for hydroxylation is 2. The van der Waals surface area contributed by atoms with Gasteiger partial charge in [0.25, 0.3) is 0 Å². The number of hydrogen-bond donors (Lipinski definition) is 1. The molecule has 21 heavy (non-hydrogen) atoms. The van der Waals surface area contributed by atoms with Crippen molar-refractivity contribution in [2.24, 2.45) is 0 Å². The lowest BCUT2D eigenvalue weighted by Gasteiger charge is -2.34. The maximum atomic E-state index is 12.6. The van der Waals surface area contributed by atoms with Crippen LogP contribution in [0.1, 0.15) is 36.8 Å². The number of hydrogen-bond acceptors (Lipinski definition) is 2. The van der Waals surface area contributed by atoms with Crippen LogP contribution in [0.25, 0.3) is 0 Å². The molecule has 0 saturated carbocycles. The van der Waals surface area contributed by atoms with Crippen LogP contribution in [0, 0.1) is 13.8 Å². The van der Waals surface area contributed by atoms with Crippen LogP contribution >= 0.6 is 0 Å². The second-order valence-electron chi connectivity index (χ2n) is 5.85. The Kier molecular flexibility index (Phi) is 5.74. The highest BCUT2D eigenvalue weighted by molar-refractivity contribution is 5.96. The molecule has 1 aromatic carbocycles. The first-order valence-electron chi connectivity index (χ1n) is 7.80. The van der Waals surface area contributed by atoms with E-state index in [4.69, 9.17) is 0 Å². The second kappa shape index (κ2) is 7.55. The third kappa shape index (κ3) is 4.03. The third-order valence-corrected chi connectivity index (χ3v) is 4.22. The molecular weight excluding hydrogens is 267 g/mol. The lowest BCUT2D eigenvalue weighted by molar-refractivity contribution is -0.122. The standard InChI is InChI=1S/C17H25FN2O/c1-13-7-5-8-14(2)16(13)19-17(21)15-9-3-4-11-20(15)12-6-10-18/h5,7-8,15H,3-4,6,9-12H2,1-2H3,(H,19,21)/t15-/m0/s1. The predicted octanol–water partition coefficient (Wildman–Crippen LogP) is 3.46. The first-order valence-corrected chi connectivity index (χ1v) is 7.80. The summed E-state index contributed by atoms with van der Waals surface area (Å²) in [5, 5.41) is 3.08. The van der Waals surface area contributed by atoms with Gasteiger partial charge in [-0.25, -0.2) is 0 Å². The fourth-order valence-electron chi connectivity index (χ4n) is 3.04. The molecule has 1 saturated heterocycles. The average molecular weight is 292 g/mol. The van der Waals surface area contributed by atoms with E-state index in [1.807, 2.05) is 32.0 Å². The van der Waals surface area contributed by atoms with Crippen LogP contribution in [0.2, 0.25) is 0 Å². The molecule has 1 atom stereocenters. The molecule has 3 nitrogen and oxygen atoms in total. The highest BCUT2D eigenvalue weighted by Gasteiger charge is 2.28. The number of nitrogens with zero attached hydrogens (tertiary/aromatic N) is 1. The Morgan fingerprint density at radius 1 is 1.33 bits per heavy atom. The van der Waals surface area contributed by atoms with Gasteiger partial charge in [0, 0.05) is 12.2 Å². The fourth-order valence-corrected chi connectivity index (χ4v) is 3.04. The zero-order valence-electron chi connectivity index (χ0n) is 13.0. The van der Waals surface area contributed by atoms with E-state index in [2.05, 4.69) is 10.2 Å². The van der Waals surface area contributed by atoms with Crippen LogP contribution in [0.4, 0.5) is 10.1 Å². The summed E-state index contributed by atoms with van der Waals surface area (Å²) < 4.78 is 12.4. The Bertz CT molecular complexity index is 469. The summed E-state index contributed by atoms with van der Waals surface area (Å²) in [5.41, 5.74) is 3.07. The smallest absolute Gasteiger partial charge is 0.241 e. The zero-order valence-corrected chi connectivity index (χ0v) is 13.0. The number of carbonyl (C=O) groups excluding carboxylic acids is 1. The molecule has 116 valence electrons. The van der Waals surface area contributed by atoms with Crippen molar-refractivity contribution < 1.29 is 9.18 Å². The van der Waals surface area contributed by atoms with Crippen molar-refractivity contribution in [3.8, 4) is 0 Å². The summed E-state index contributed by atoms with van der Waals surface area (Å²) >= 11 is 0. The van der Waals surface area contributed by atoms with Gasteiger partial charge in [-0.15, -0.1) is 0 Å². The van der Waals surface area contributed by atoms with Crippen molar-refractivity contribution in [1.82, 2.24) is 4.90 Å². The molecule has 1 aliphatic rings. The molecule has 1 aliphatic heterocycles. The fraction of sp³-hybridized carbons (Fsp3) is 0.588. The number of piperidine rings is 1. The van der Waals surface area contributed by atoms with Gasteiger partial charge in [0.05, 0.1) is 12.7 Å². The minimum absolute atomic E-state index is 0.0472. The summed E-state index contributed by atoms with van der Waals surface area (Å²) in [5.74, 6) is 0.0472. The van der Waals surface area contributed by atoms with E-state index in [9.17, 15) is 9.18 Å². The molecule has 0 bridgehead atoms. The van der Waals surface area contributed by atoms with Crippen LogP contribution in [-0.4, -0.2) is 36.6 Å². The van der Waals surface area contributed by atoms with Gasteiger partial charge >= 0.3 is 0 Å². The Morgan fingerprint density at radius 3 is 2.71 bits per heavy atom. The first-order chi connectivity index (χ1) is 10.1. The Balaban J connectivity index is 2.07. The van der Waals surface area contributed by atoms with E-state index in [0.29, 0.717) is 13.0 Å². The number of amides is 1. The van der Waals surface area contributed by atoms with Gasteiger partial charge in [0.2, 0.25) is 5.91 Å². The van der Waals surface area contributed by atoms with Crippen LogP contribution in [-0.2, 0) is 4.79 Å². The largest absolute Gasteiger partial charge is 0.324 e. The van der Waals surface area contributed by atoms with Gasteiger partial charge in [-0.1, -0.05) is 24.6 Å². The SMILES string of the molecule is Cc1cccc(C)c1NC(=O)[C@@H]1CCCCN1CCCF. The number of benzene rings is 1. The Labute approximate surface area is 126 Å². The summed E-state index contributed by atoms with van der Waals surface area (Å²) in [4.78, 5) is 14.7. The molecule has 0 spiro atoms. The molecule has 2 rings (SSSR count). The maximum Gasteiger partial charge on any atom is 0.241 e. The summed E-state index contributed by atoms with van der Waals surface area (Å²) in [6.07, 6.45) is 3.53. The summed E-state index contributed by atoms with van der Waals surface area (Å²) in [7, 11) is 0. The summed E-state index contributed by atoms with van der Waals surface area (Å²) in [6.45, 7) is 5.25. The van der Waals surface area contributed by atoms with E-state index in [1.165, 1.54) is 0 Å². The third-order valence-electron chi connectivity index (χ3n) is 4.22. The number of rotatable bonds is 5. The highest BCUT2D eigenvalue weighted by atomic mass is 19.1. The van der Waals surface area contributed by atoms with Crippen molar-refractivity contribution in [2.45, 2.75) is 45.6 Å². The quantitative estimate of drug-likeness (QED) is 0.901. The average Bonchev–Trinajstić information content (AvgIpc) is 2.49. The molecule has 0 unspecified atom stereocenters. The number of alkyl halides is 1. The second-order valence-corrected chi connectivity index (χ2v) is 5.85. The maximum absolute atomic E-state index is 12.6. The van der Waals surface area contributed by atoms with Gasteiger partial charge < -0.3 is 5.32 Å². The molecule has 0 aromatic heterocycles. The number of carbonyl (C=O) groups is 1. The molecule has 1 amide bonds. The van der Waals surface area contributed by atoms with Crippen molar-refractivity contribution >= 4 is 11.6 Å². The minimum atomic E-state index is -0.318. The van der Waals surface area contributed by atoms with E-state index in [-0.39, 0.29) is 18.6 Å². The summed E-state index contributed by atoms with van der Waals surface area (Å²) in [6, 6.07) is 5.88. The molecule has 0 aliphatic carbocycles. The number of para-hydroxylation sites is 1. The topological polar surface area (TPSA) is 32.3 Å². The molecule has 1 N–H and O–H groups in total. The van der Waals surface area contributed by atoms with Crippen molar-refractivity contribution in [2.75, 3.05) is 25.1 Å². The lowest BCUT2D eigenvalue weighted by atomic mass is 10.0. The molecular formula is C17H25FN2O. The number of anilines is 1. The number of halogens is 1. The first kappa shape index (κ1) is 16.0. The molecule has 1 fully saturated rings. The normalized spacial score (nSPS) is 19.5. The van der Waals surface area contributed by atoms with Gasteiger partial charge in [0.1, 0.15) is 0 Å². The Morgan fingerprint density at radius 2 is 2.05 bits per heavy atom. The van der Waals surface area contributed by atoms with Gasteiger partial charge in [-0.2, -0.15) is 0 Å². The van der Waals surface area contributed by atoms with E-state index < -0.39 is 0 Å². The van der Waals surface area contributed by atoms with Crippen molar-refractivity contribution in [1.29, 1.82) is 0 Å². The van der Waals surface area contributed by atoms with Crippen LogP contribution in [0.5, 0.6) is 0 Å². The van der Waals surface area contributed by atoms with Crippen molar-refractivity contribution in [3.05, 3.63) is 29.3 Å². The van der Waals surface area contributed by atoms with E-state index >= 15 is 0 Å². The Hall–Kier alpha value is -1.42. The molecule has 4 heteroatoms. The van der Waals surface area contributed by atoms with Crippen LogP contribution < -0.4 is 5.32 Å². The van der Waals surface area contributed by atoms with Gasteiger partial charge in [0.15, 0.2) is 0 Å². The van der Waals surface area contributed by atoms with Gasteiger partial charge in [-0.05, 0) is 50.8 Å². The number of nitrogens with one attached hydrogen (secondary N) is 1. The van der Waals surface area contributed by atoms with Crippen molar-refractivity contribution in [3.63, 3.8) is 0 Å². The van der Waals surface area contributed by atoms with Crippen LogP contribution in [0.15, 0.2) is 18.2 Å².